The van der Waals surface area contributed by atoms with Gasteiger partial charge in [-0.1, -0.05) is 59.6 Å². The number of benzene rings is 3. The molecule has 0 aliphatic rings. The number of para-hydroxylation sites is 1. The first-order chi connectivity index (χ1) is 13.9. The SMILES string of the molecule is Cc1cccc(CNC(=O)CN(c2ccccc2)S(=O)(=O)c2ccc(Cl)cc2)c1. The molecule has 0 aliphatic heterocycles. The fraction of sp³-hybridized carbons (Fsp3) is 0.136. The number of aryl methyl sites for hydroxylation is 1. The maximum absolute atomic E-state index is 13.2. The Morgan fingerprint density at radius 1 is 0.966 bits per heavy atom. The molecule has 0 unspecified atom stereocenters. The molecule has 0 fully saturated rings. The fourth-order valence-corrected chi connectivity index (χ4v) is 4.40. The minimum Gasteiger partial charge on any atom is -0.350 e. The molecule has 1 N–H and O–H groups in total. The van der Waals surface area contributed by atoms with E-state index in [1.165, 1.54) is 24.3 Å². The number of nitrogens with one attached hydrogen (secondary N) is 1. The van der Waals surface area contributed by atoms with Crippen LogP contribution in [0.15, 0.2) is 83.8 Å². The van der Waals surface area contributed by atoms with Crippen molar-refractivity contribution in [3.05, 3.63) is 95.0 Å². The van der Waals surface area contributed by atoms with Gasteiger partial charge < -0.3 is 5.32 Å². The van der Waals surface area contributed by atoms with Crippen molar-refractivity contribution in [2.75, 3.05) is 10.8 Å². The van der Waals surface area contributed by atoms with Crippen LogP contribution in [-0.4, -0.2) is 20.9 Å². The van der Waals surface area contributed by atoms with Gasteiger partial charge in [0.05, 0.1) is 10.6 Å². The van der Waals surface area contributed by atoms with Crippen LogP contribution in [0.25, 0.3) is 0 Å². The van der Waals surface area contributed by atoms with Gasteiger partial charge in [-0.3, -0.25) is 9.10 Å². The predicted molar refractivity (Wildman–Crippen MR) is 115 cm³/mol. The average molecular weight is 429 g/mol. The zero-order valence-electron chi connectivity index (χ0n) is 15.9. The van der Waals surface area contributed by atoms with Crippen LogP contribution in [-0.2, 0) is 21.4 Å². The molecular weight excluding hydrogens is 408 g/mol. The summed E-state index contributed by atoms with van der Waals surface area (Å²) in [6.45, 7) is 1.96. The van der Waals surface area contributed by atoms with Crippen LogP contribution in [0.3, 0.4) is 0 Å². The number of sulfonamides is 1. The Labute approximate surface area is 176 Å². The average Bonchev–Trinajstić information content (AvgIpc) is 2.71. The molecule has 0 radical (unpaired) electrons. The zero-order valence-corrected chi connectivity index (χ0v) is 17.5. The molecule has 0 saturated heterocycles. The summed E-state index contributed by atoms with van der Waals surface area (Å²) in [6.07, 6.45) is 0. The third-order valence-electron chi connectivity index (χ3n) is 4.31. The van der Waals surface area contributed by atoms with Gasteiger partial charge in [-0.2, -0.15) is 0 Å². The van der Waals surface area contributed by atoms with Crippen LogP contribution in [0.1, 0.15) is 11.1 Å². The molecule has 0 saturated carbocycles. The highest BCUT2D eigenvalue weighted by molar-refractivity contribution is 7.92. The summed E-state index contributed by atoms with van der Waals surface area (Å²) in [5.74, 6) is -0.395. The lowest BCUT2D eigenvalue weighted by Gasteiger charge is -2.24. The van der Waals surface area contributed by atoms with Crippen molar-refractivity contribution in [1.29, 1.82) is 0 Å². The first-order valence-electron chi connectivity index (χ1n) is 9.02. The topological polar surface area (TPSA) is 66.5 Å². The van der Waals surface area contributed by atoms with E-state index in [-0.39, 0.29) is 11.4 Å². The summed E-state index contributed by atoms with van der Waals surface area (Å²) in [5, 5.41) is 3.23. The lowest BCUT2D eigenvalue weighted by Crippen LogP contribution is -2.40. The van der Waals surface area contributed by atoms with E-state index in [1.807, 2.05) is 31.2 Å². The minimum atomic E-state index is -3.94. The molecule has 3 rings (SSSR count). The Kier molecular flexibility index (Phi) is 6.56. The summed E-state index contributed by atoms with van der Waals surface area (Å²) < 4.78 is 27.5. The van der Waals surface area contributed by atoms with Gasteiger partial charge in [0.15, 0.2) is 0 Å². The number of hydrogen-bond acceptors (Lipinski definition) is 3. The van der Waals surface area contributed by atoms with E-state index in [9.17, 15) is 13.2 Å². The standard InChI is InChI=1S/C22H21ClN2O3S/c1-17-6-5-7-18(14-17)15-24-22(26)16-25(20-8-3-2-4-9-20)29(27,28)21-12-10-19(23)11-13-21/h2-14H,15-16H2,1H3,(H,24,26). The number of halogens is 1. The highest BCUT2D eigenvalue weighted by atomic mass is 35.5. The van der Waals surface area contributed by atoms with Crippen molar-refractivity contribution >= 4 is 33.2 Å². The number of anilines is 1. The monoisotopic (exact) mass is 428 g/mol. The molecule has 150 valence electrons. The second kappa shape index (κ2) is 9.11. The van der Waals surface area contributed by atoms with Crippen LogP contribution >= 0.6 is 11.6 Å². The van der Waals surface area contributed by atoms with E-state index in [0.29, 0.717) is 17.3 Å². The van der Waals surface area contributed by atoms with Crippen molar-refractivity contribution < 1.29 is 13.2 Å². The Morgan fingerprint density at radius 2 is 1.66 bits per heavy atom. The van der Waals surface area contributed by atoms with Crippen molar-refractivity contribution in [3.63, 3.8) is 0 Å². The fourth-order valence-electron chi connectivity index (χ4n) is 2.85. The van der Waals surface area contributed by atoms with E-state index >= 15 is 0 Å². The van der Waals surface area contributed by atoms with E-state index in [4.69, 9.17) is 11.6 Å². The largest absolute Gasteiger partial charge is 0.350 e. The summed E-state index contributed by atoms with van der Waals surface area (Å²) in [7, 11) is -3.94. The van der Waals surface area contributed by atoms with Gasteiger partial charge >= 0.3 is 0 Å². The van der Waals surface area contributed by atoms with Gasteiger partial charge in [-0.05, 0) is 48.9 Å². The number of carbonyl (C=O) groups is 1. The zero-order chi connectivity index (χ0) is 20.9. The lowest BCUT2D eigenvalue weighted by atomic mass is 10.1. The first-order valence-corrected chi connectivity index (χ1v) is 10.8. The van der Waals surface area contributed by atoms with E-state index < -0.39 is 15.9 Å². The number of amides is 1. The van der Waals surface area contributed by atoms with Crippen molar-refractivity contribution in [1.82, 2.24) is 5.32 Å². The molecule has 0 aliphatic carbocycles. The normalized spacial score (nSPS) is 11.1. The maximum Gasteiger partial charge on any atom is 0.264 e. The molecule has 7 heteroatoms. The summed E-state index contributed by atoms with van der Waals surface area (Å²) in [6, 6.07) is 22.2. The molecule has 0 aromatic heterocycles. The molecule has 3 aromatic carbocycles. The van der Waals surface area contributed by atoms with E-state index in [1.54, 1.807) is 30.3 Å². The molecular formula is C22H21ClN2O3S. The number of rotatable bonds is 7. The molecule has 0 heterocycles. The lowest BCUT2D eigenvalue weighted by molar-refractivity contribution is -0.119. The Bertz CT molecular complexity index is 1080. The number of nitrogens with zero attached hydrogens (tertiary/aromatic N) is 1. The molecule has 5 nitrogen and oxygen atoms in total. The van der Waals surface area contributed by atoms with Gasteiger partial charge in [-0.25, -0.2) is 8.42 Å². The predicted octanol–water partition coefficient (Wildman–Crippen LogP) is 4.16. The Balaban J connectivity index is 1.82. The molecule has 0 bridgehead atoms. The summed E-state index contributed by atoms with van der Waals surface area (Å²) in [5.41, 5.74) is 2.45. The quantitative estimate of drug-likeness (QED) is 0.614. The van der Waals surface area contributed by atoms with E-state index in [2.05, 4.69) is 5.32 Å². The molecule has 3 aromatic rings. The second-order valence-electron chi connectivity index (χ2n) is 6.57. The summed E-state index contributed by atoms with van der Waals surface area (Å²) in [4.78, 5) is 12.6. The van der Waals surface area contributed by atoms with Crippen LogP contribution in [0.4, 0.5) is 5.69 Å². The Hall–Kier alpha value is -2.83. The van der Waals surface area contributed by atoms with E-state index in [0.717, 1.165) is 15.4 Å². The van der Waals surface area contributed by atoms with Gasteiger partial charge in [0.25, 0.3) is 10.0 Å². The van der Waals surface area contributed by atoms with Crippen LogP contribution < -0.4 is 9.62 Å². The maximum atomic E-state index is 13.2. The molecule has 0 spiro atoms. The van der Waals surface area contributed by atoms with Crippen LogP contribution in [0.5, 0.6) is 0 Å². The van der Waals surface area contributed by atoms with Gasteiger partial charge in [0.1, 0.15) is 6.54 Å². The highest BCUT2D eigenvalue weighted by Crippen LogP contribution is 2.24. The molecule has 0 atom stereocenters. The molecule has 29 heavy (non-hydrogen) atoms. The Morgan fingerprint density at radius 3 is 2.31 bits per heavy atom. The first kappa shape index (κ1) is 20.9. The molecule has 1 amide bonds. The van der Waals surface area contributed by atoms with Crippen molar-refractivity contribution in [2.24, 2.45) is 0 Å². The summed E-state index contributed by atoms with van der Waals surface area (Å²) >= 11 is 5.88. The third kappa shape index (κ3) is 5.37. The van der Waals surface area contributed by atoms with Crippen LogP contribution in [0.2, 0.25) is 5.02 Å². The van der Waals surface area contributed by atoms with Crippen LogP contribution in [0, 0.1) is 6.92 Å². The second-order valence-corrected chi connectivity index (χ2v) is 8.87. The third-order valence-corrected chi connectivity index (χ3v) is 6.35. The van der Waals surface area contributed by atoms with Gasteiger partial charge in [0.2, 0.25) is 5.91 Å². The van der Waals surface area contributed by atoms with Crippen molar-refractivity contribution in [2.45, 2.75) is 18.4 Å². The number of hydrogen-bond donors (Lipinski definition) is 1. The minimum absolute atomic E-state index is 0.0669. The smallest absolute Gasteiger partial charge is 0.264 e. The van der Waals surface area contributed by atoms with Gasteiger partial charge in [0, 0.05) is 11.6 Å². The highest BCUT2D eigenvalue weighted by Gasteiger charge is 2.27. The van der Waals surface area contributed by atoms with Gasteiger partial charge in [-0.15, -0.1) is 0 Å². The van der Waals surface area contributed by atoms with Crippen molar-refractivity contribution in [3.8, 4) is 0 Å². The number of carbonyl (C=O) groups excluding carboxylic acids is 1.